The summed E-state index contributed by atoms with van der Waals surface area (Å²) in [7, 11) is 0. The first-order valence-electron chi connectivity index (χ1n) is 7.06. The van der Waals surface area contributed by atoms with Gasteiger partial charge >= 0.3 is 0 Å². The molecule has 3 aliphatic rings. The molecule has 2 heteroatoms. The molecule has 3 rings (SSSR count). The number of nitrogens with zero attached hydrogens (tertiary/aromatic N) is 1. The molecule has 0 radical (unpaired) electrons. The van der Waals surface area contributed by atoms with E-state index in [1.807, 2.05) is 0 Å². The maximum Gasteiger partial charge on any atom is 0.0246 e. The van der Waals surface area contributed by atoms with Gasteiger partial charge in [-0.2, -0.15) is 0 Å². The van der Waals surface area contributed by atoms with Crippen LogP contribution in [0.5, 0.6) is 0 Å². The van der Waals surface area contributed by atoms with Crippen molar-refractivity contribution in [2.24, 2.45) is 10.8 Å². The zero-order valence-corrected chi connectivity index (χ0v) is 10.9. The molecular weight excluding hydrogens is 196 g/mol. The molecule has 1 N–H and O–H groups in total. The van der Waals surface area contributed by atoms with Crippen molar-refractivity contribution in [2.45, 2.75) is 52.0 Å². The molecule has 3 fully saturated rings. The molecule has 2 aliphatic heterocycles. The fourth-order valence-corrected chi connectivity index (χ4v) is 3.87. The third-order valence-corrected chi connectivity index (χ3v) is 5.30. The lowest BCUT2D eigenvalue weighted by Crippen LogP contribution is -2.64. The highest BCUT2D eigenvalue weighted by Gasteiger charge is 2.48. The van der Waals surface area contributed by atoms with Gasteiger partial charge in [0, 0.05) is 25.7 Å². The number of likely N-dealkylation sites (tertiary alicyclic amines) is 1. The summed E-state index contributed by atoms with van der Waals surface area (Å²) in [6, 6.07) is 0.721. The van der Waals surface area contributed by atoms with Crippen molar-refractivity contribution in [1.82, 2.24) is 10.2 Å². The molecule has 1 unspecified atom stereocenters. The van der Waals surface area contributed by atoms with Gasteiger partial charge < -0.3 is 10.2 Å². The highest BCUT2D eigenvalue weighted by molar-refractivity contribution is 5.02. The Labute approximate surface area is 99.8 Å². The second-order valence-electron chi connectivity index (χ2n) is 7.12. The summed E-state index contributed by atoms with van der Waals surface area (Å²) in [6.45, 7) is 10.2. The molecular formula is C14H26N2. The third-order valence-electron chi connectivity index (χ3n) is 5.30. The largest absolute Gasteiger partial charge is 0.312 e. The van der Waals surface area contributed by atoms with Gasteiger partial charge in [-0.05, 0) is 43.1 Å². The van der Waals surface area contributed by atoms with Crippen molar-refractivity contribution in [1.29, 1.82) is 0 Å². The Morgan fingerprint density at radius 3 is 2.44 bits per heavy atom. The first-order chi connectivity index (χ1) is 7.60. The lowest BCUT2D eigenvalue weighted by Gasteiger charge is -2.57. The van der Waals surface area contributed by atoms with E-state index in [0.717, 1.165) is 11.5 Å². The van der Waals surface area contributed by atoms with E-state index in [1.165, 1.54) is 58.3 Å². The summed E-state index contributed by atoms with van der Waals surface area (Å²) in [6.07, 6.45) is 7.24. The normalized spacial score (nSPS) is 36.8. The van der Waals surface area contributed by atoms with Gasteiger partial charge in [-0.3, -0.25) is 0 Å². The molecule has 0 bridgehead atoms. The second-order valence-corrected chi connectivity index (χ2v) is 7.12. The lowest BCUT2D eigenvalue weighted by atomic mass is 9.63. The Hall–Kier alpha value is -0.0800. The highest BCUT2D eigenvalue weighted by atomic mass is 15.2. The Morgan fingerprint density at radius 1 is 1.12 bits per heavy atom. The molecule has 1 atom stereocenters. The van der Waals surface area contributed by atoms with Gasteiger partial charge in [0.25, 0.3) is 0 Å². The monoisotopic (exact) mass is 222 g/mol. The minimum absolute atomic E-state index is 0.501. The van der Waals surface area contributed by atoms with Crippen molar-refractivity contribution in [3.8, 4) is 0 Å². The van der Waals surface area contributed by atoms with Crippen LogP contribution in [0.25, 0.3) is 0 Å². The van der Waals surface area contributed by atoms with Crippen molar-refractivity contribution in [2.75, 3.05) is 26.2 Å². The summed E-state index contributed by atoms with van der Waals surface area (Å²) in [4.78, 5) is 2.68. The van der Waals surface area contributed by atoms with E-state index in [2.05, 4.69) is 24.1 Å². The van der Waals surface area contributed by atoms with Gasteiger partial charge in [0.05, 0.1) is 0 Å². The van der Waals surface area contributed by atoms with E-state index in [1.54, 1.807) is 0 Å². The maximum atomic E-state index is 3.73. The predicted octanol–water partition coefficient (Wildman–Crippen LogP) is 2.25. The maximum absolute atomic E-state index is 3.73. The third kappa shape index (κ3) is 1.80. The van der Waals surface area contributed by atoms with Crippen LogP contribution < -0.4 is 5.32 Å². The van der Waals surface area contributed by atoms with Gasteiger partial charge in [0.1, 0.15) is 0 Å². The van der Waals surface area contributed by atoms with Crippen LogP contribution in [-0.2, 0) is 0 Å². The molecule has 0 aromatic carbocycles. The van der Waals surface area contributed by atoms with E-state index >= 15 is 0 Å². The van der Waals surface area contributed by atoms with Crippen molar-refractivity contribution in [3.05, 3.63) is 0 Å². The number of rotatable bonds is 2. The zero-order chi connectivity index (χ0) is 11.2. The molecule has 1 spiro atoms. The Balaban J connectivity index is 1.51. The Bertz CT molecular complexity index is 260. The molecule has 92 valence electrons. The fraction of sp³-hybridized carbons (Fsp3) is 1.00. The molecule has 2 nitrogen and oxygen atoms in total. The van der Waals surface area contributed by atoms with E-state index in [-0.39, 0.29) is 0 Å². The van der Waals surface area contributed by atoms with E-state index in [0.29, 0.717) is 5.41 Å². The smallest absolute Gasteiger partial charge is 0.0246 e. The summed E-state index contributed by atoms with van der Waals surface area (Å²) < 4.78 is 0. The lowest BCUT2D eigenvalue weighted by molar-refractivity contribution is -0.0713. The minimum atomic E-state index is 0.501. The summed E-state index contributed by atoms with van der Waals surface area (Å²) in [5.41, 5.74) is 1.29. The molecule has 2 saturated heterocycles. The number of hydrogen-bond acceptors (Lipinski definition) is 2. The van der Waals surface area contributed by atoms with Crippen LogP contribution in [-0.4, -0.2) is 37.1 Å². The standard InChI is InChI=1S/C14H26N2/c1-13(2)5-4-8-15-12(13)9-16-10-14(11-16)6-3-7-14/h12,15H,3-11H2,1-2H3. The van der Waals surface area contributed by atoms with Crippen molar-refractivity contribution in [3.63, 3.8) is 0 Å². The van der Waals surface area contributed by atoms with Crippen molar-refractivity contribution >= 4 is 0 Å². The average Bonchev–Trinajstić information content (AvgIpc) is 2.09. The van der Waals surface area contributed by atoms with Crippen LogP contribution >= 0.6 is 0 Å². The van der Waals surface area contributed by atoms with Crippen LogP contribution in [0.1, 0.15) is 46.0 Å². The van der Waals surface area contributed by atoms with Gasteiger partial charge in [0.2, 0.25) is 0 Å². The molecule has 16 heavy (non-hydrogen) atoms. The number of hydrogen-bond donors (Lipinski definition) is 1. The van der Waals surface area contributed by atoms with E-state index < -0.39 is 0 Å². The zero-order valence-electron chi connectivity index (χ0n) is 10.9. The van der Waals surface area contributed by atoms with Crippen LogP contribution in [0.3, 0.4) is 0 Å². The predicted molar refractivity (Wildman–Crippen MR) is 67.5 cm³/mol. The van der Waals surface area contributed by atoms with Crippen LogP contribution in [0.4, 0.5) is 0 Å². The molecule has 1 saturated carbocycles. The van der Waals surface area contributed by atoms with Crippen LogP contribution in [0.15, 0.2) is 0 Å². The molecule has 1 aliphatic carbocycles. The summed E-state index contributed by atoms with van der Waals surface area (Å²) in [5.74, 6) is 0. The van der Waals surface area contributed by atoms with Crippen molar-refractivity contribution < 1.29 is 0 Å². The number of nitrogens with one attached hydrogen (secondary N) is 1. The van der Waals surface area contributed by atoms with Gasteiger partial charge in [0.15, 0.2) is 0 Å². The van der Waals surface area contributed by atoms with Gasteiger partial charge in [-0.25, -0.2) is 0 Å². The van der Waals surface area contributed by atoms with Gasteiger partial charge in [-0.15, -0.1) is 0 Å². The molecule has 0 aromatic heterocycles. The quantitative estimate of drug-likeness (QED) is 0.771. The average molecular weight is 222 g/mol. The molecule has 0 amide bonds. The van der Waals surface area contributed by atoms with E-state index in [4.69, 9.17) is 0 Å². The molecule has 2 heterocycles. The first-order valence-corrected chi connectivity index (χ1v) is 7.06. The fourth-order valence-electron chi connectivity index (χ4n) is 3.87. The van der Waals surface area contributed by atoms with E-state index in [9.17, 15) is 0 Å². The topological polar surface area (TPSA) is 15.3 Å². The molecule has 0 aromatic rings. The Kier molecular flexibility index (Phi) is 2.56. The van der Waals surface area contributed by atoms with Gasteiger partial charge in [-0.1, -0.05) is 20.3 Å². The minimum Gasteiger partial charge on any atom is -0.312 e. The first kappa shape index (κ1) is 11.0. The summed E-state index contributed by atoms with van der Waals surface area (Å²) >= 11 is 0. The highest BCUT2D eigenvalue weighted by Crippen LogP contribution is 2.48. The second kappa shape index (κ2) is 3.71. The SMILES string of the molecule is CC1(C)CCCNC1CN1CC2(CCC2)C1. The summed E-state index contributed by atoms with van der Waals surface area (Å²) in [5, 5.41) is 3.73. The van der Waals surface area contributed by atoms with Crippen LogP contribution in [0.2, 0.25) is 0 Å². The number of piperidine rings is 1. The Morgan fingerprint density at radius 2 is 1.88 bits per heavy atom. The van der Waals surface area contributed by atoms with Crippen LogP contribution in [0, 0.1) is 10.8 Å².